The number of amides is 1. The molecule has 0 heterocycles. The molecule has 0 aliphatic heterocycles. The van der Waals surface area contributed by atoms with E-state index in [2.05, 4.69) is 26.1 Å². The molecular weight excluding hydrogens is 236 g/mol. The van der Waals surface area contributed by atoms with Crippen LogP contribution in [-0.2, 0) is 4.79 Å². The van der Waals surface area contributed by atoms with Crippen LogP contribution in [-0.4, -0.2) is 11.9 Å². The Morgan fingerprint density at radius 1 is 1.21 bits per heavy atom. The van der Waals surface area contributed by atoms with Crippen molar-refractivity contribution in [2.45, 2.75) is 52.6 Å². The normalized spacial score (nSPS) is 14.2. The first-order chi connectivity index (χ1) is 8.99. The van der Waals surface area contributed by atoms with Crippen LogP contribution in [0.2, 0.25) is 0 Å². The van der Waals surface area contributed by atoms with Crippen molar-refractivity contribution in [3.63, 3.8) is 0 Å². The molecule has 3 heteroatoms. The maximum absolute atomic E-state index is 12.1. The fourth-order valence-corrected chi connectivity index (χ4v) is 2.35. The van der Waals surface area contributed by atoms with Crippen LogP contribution < -0.4 is 11.1 Å². The van der Waals surface area contributed by atoms with E-state index in [-0.39, 0.29) is 11.9 Å². The molecule has 0 aliphatic carbocycles. The second-order valence-corrected chi connectivity index (χ2v) is 5.26. The van der Waals surface area contributed by atoms with Gasteiger partial charge in [-0.25, -0.2) is 0 Å². The van der Waals surface area contributed by atoms with Crippen LogP contribution in [0.15, 0.2) is 24.3 Å². The van der Waals surface area contributed by atoms with Crippen molar-refractivity contribution in [2.75, 3.05) is 0 Å². The quantitative estimate of drug-likeness (QED) is 0.828. The fraction of sp³-hybridized carbons (Fsp3) is 0.562. The van der Waals surface area contributed by atoms with E-state index in [9.17, 15) is 4.79 Å². The van der Waals surface area contributed by atoms with Crippen molar-refractivity contribution < 1.29 is 4.79 Å². The van der Waals surface area contributed by atoms with Crippen molar-refractivity contribution in [1.29, 1.82) is 0 Å². The number of rotatable bonds is 6. The molecule has 0 spiro atoms. The highest BCUT2D eigenvalue weighted by Gasteiger charge is 2.20. The summed E-state index contributed by atoms with van der Waals surface area (Å²) in [6.07, 6.45) is 2.13. The second kappa shape index (κ2) is 7.29. The molecule has 0 bridgehead atoms. The van der Waals surface area contributed by atoms with Gasteiger partial charge in [-0.2, -0.15) is 0 Å². The Morgan fingerprint density at radius 3 is 2.21 bits per heavy atom. The number of nitrogens with one attached hydrogen (secondary N) is 1. The van der Waals surface area contributed by atoms with Crippen molar-refractivity contribution >= 4 is 5.91 Å². The van der Waals surface area contributed by atoms with Crippen LogP contribution in [0.25, 0.3) is 0 Å². The molecule has 1 aromatic carbocycles. The zero-order valence-electron chi connectivity index (χ0n) is 12.4. The van der Waals surface area contributed by atoms with E-state index in [0.717, 1.165) is 18.4 Å². The van der Waals surface area contributed by atoms with Gasteiger partial charge in [0.1, 0.15) is 6.04 Å². The summed E-state index contributed by atoms with van der Waals surface area (Å²) in [6.45, 7) is 8.37. The number of hydrogen-bond acceptors (Lipinski definition) is 2. The predicted molar refractivity (Wildman–Crippen MR) is 79.8 cm³/mol. The number of carbonyl (C=O) groups excluding carboxylic acids is 1. The lowest BCUT2D eigenvalue weighted by molar-refractivity contribution is -0.123. The van der Waals surface area contributed by atoms with Gasteiger partial charge in [-0.15, -0.1) is 0 Å². The largest absolute Gasteiger partial charge is 0.352 e. The number of aryl methyl sites for hydroxylation is 1. The van der Waals surface area contributed by atoms with Crippen LogP contribution in [0, 0.1) is 12.8 Å². The van der Waals surface area contributed by atoms with Crippen LogP contribution in [0.1, 0.15) is 50.8 Å². The summed E-state index contributed by atoms with van der Waals surface area (Å²) in [5.41, 5.74) is 8.04. The highest BCUT2D eigenvalue weighted by Crippen LogP contribution is 2.15. The average molecular weight is 262 g/mol. The zero-order chi connectivity index (χ0) is 14.4. The molecule has 1 amide bonds. The Balaban J connectivity index is 2.64. The molecule has 0 aromatic heterocycles. The van der Waals surface area contributed by atoms with Crippen LogP contribution in [0.3, 0.4) is 0 Å². The maximum atomic E-state index is 12.1. The van der Waals surface area contributed by atoms with Gasteiger partial charge >= 0.3 is 0 Å². The third kappa shape index (κ3) is 4.35. The van der Waals surface area contributed by atoms with E-state index < -0.39 is 6.04 Å². The molecule has 19 heavy (non-hydrogen) atoms. The van der Waals surface area contributed by atoms with Crippen molar-refractivity contribution in [2.24, 2.45) is 11.7 Å². The second-order valence-electron chi connectivity index (χ2n) is 5.26. The molecule has 1 rings (SSSR count). The van der Waals surface area contributed by atoms with Gasteiger partial charge < -0.3 is 11.1 Å². The molecule has 1 aromatic rings. The molecule has 3 nitrogen and oxygen atoms in total. The smallest absolute Gasteiger partial charge is 0.241 e. The molecular formula is C16H26N2O. The van der Waals surface area contributed by atoms with Crippen LogP contribution in [0.4, 0.5) is 0 Å². The topological polar surface area (TPSA) is 55.1 Å². The maximum Gasteiger partial charge on any atom is 0.241 e. The lowest BCUT2D eigenvalue weighted by Crippen LogP contribution is -2.42. The minimum atomic E-state index is -0.586. The van der Waals surface area contributed by atoms with Crippen LogP contribution >= 0.6 is 0 Å². The van der Waals surface area contributed by atoms with E-state index in [1.807, 2.05) is 31.2 Å². The van der Waals surface area contributed by atoms with E-state index >= 15 is 0 Å². The van der Waals surface area contributed by atoms with E-state index in [1.165, 1.54) is 5.56 Å². The molecule has 106 valence electrons. The van der Waals surface area contributed by atoms with Crippen molar-refractivity contribution in [3.8, 4) is 0 Å². The van der Waals surface area contributed by atoms with Gasteiger partial charge in [0.2, 0.25) is 5.91 Å². The Labute approximate surface area is 116 Å². The third-order valence-corrected chi connectivity index (χ3v) is 3.84. The SMILES string of the molecule is CCC(CC)C(C)NC(=O)C(N)c1ccc(C)cc1. The Morgan fingerprint density at radius 2 is 1.74 bits per heavy atom. The van der Waals surface area contributed by atoms with Gasteiger partial charge in [-0.1, -0.05) is 56.5 Å². The Hall–Kier alpha value is -1.35. The van der Waals surface area contributed by atoms with Gasteiger partial charge in [0.15, 0.2) is 0 Å². The third-order valence-electron chi connectivity index (χ3n) is 3.84. The number of carbonyl (C=O) groups is 1. The molecule has 0 radical (unpaired) electrons. The molecule has 2 atom stereocenters. The first kappa shape index (κ1) is 15.7. The van der Waals surface area contributed by atoms with E-state index in [4.69, 9.17) is 5.73 Å². The average Bonchev–Trinajstić information content (AvgIpc) is 2.40. The zero-order valence-corrected chi connectivity index (χ0v) is 12.4. The van der Waals surface area contributed by atoms with Gasteiger partial charge in [0, 0.05) is 6.04 Å². The molecule has 2 unspecified atom stereocenters. The molecule has 0 saturated heterocycles. The lowest BCUT2D eigenvalue weighted by atomic mass is 9.95. The van der Waals surface area contributed by atoms with Crippen LogP contribution in [0.5, 0.6) is 0 Å². The Kier molecular flexibility index (Phi) is 6.03. The lowest BCUT2D eigenvalue weighted by Gasteiger charge is -2.24. The van der Waals surface area contributed by atoms with Gasteiger partial charge in [-0.3, -0.25) is 4.79 Å². The molecule has 0 saturated carbocycles. The fourth-order valence-electron chi connectivity index (χ4n) is 2.35. The minimum Gasteiger partial charge on any atom is -0.352 e. The molecule has 3 N–H and O–H groups in total. The first-order valence-electron chi connectivity index (χ1n) is 7.12. The highest BCUT2D eigenvalue weighted by atomic mass is 16.2. The van der Waals surface area contributed by atoms with Crippen molar-refractivity contribution in [1.82, 2.24) is 5.32 Å². The minimum absolute atomic E-state index is 0.0942. The highest BCUT2D eigenvalue weighted by molar-refractivity contribution is 5.83. The van der Waals surface area contributed by atoms with Gasteiger partial charge in [-0.05, 0) is 25.3 Å². The summed E-state index contributed by atoms with van der Waals surface area (Å²) in [7, 11) is 0. The summed E-state index contributed by atoms with van der Waals surface area (Å²) in [4.78, 5) is 12.1. The summed E-state index contributed by atoms with van der Waals surface area (Å²) in [5, 5.41) is 3.03. The summed E-state index contributed by atoms with van der Waals surface area (Å²) in [5.74, 6) is 0.414. The van der Waals surface area contributed by atoms with E-state index in [0.29, 0.717) is 5.92 Å². The monoisotopic (exact) mass is 262 g/mol. The van der Waals surface area contributed by atoms with Gasteiger partial charge in [0.05, 0.1) is 0 Å². The molecule has 0 aliphatic rings. The van der Waals surface area contributed by atoms with E-state index in [1.54, 1.807) is 0 Å². The standard InChI is InChI=1S/C16H26N2O/c1-5-13(6-2)12(4)18-16(19)15(17)14-9-7-11(3)8-10-14/h7-10,12-13,15H,5-6,17H2,1-4H3,(H,18,19). The first-order valence-corrected chi connectivity index (χ1v) is 7.12. The summed E-state index contributed by atoms with van der Waals surface area (Å²) >= 11 is 0. The molecule has 0 fully saturated rings. The predicted octanol–water partition coefficient (Wildman–Crippen LogP) is 2.94. The number of hydrogen-bond donors (Lipinski definition) is 2. The van der Waals surface area contributed by atoms with Gasteiger partial charge in [0.25, 0.3) is 0 Å². The number of benzene rings is 1. The number of nitrogens with two attached hydrogens (primary N) is 1. The Bertz CT molecular complexity index is 396. The van der Waals surface area contributed by atoms with Crippen molar-refractivity contribution in [3.05, 3.63) is 35.4 Å². The summed E-state index contributed by atoms with van der Waals surface area (Å²) < 4.78 is 0. The summed E-state index contributed by atoms with van der Waals surface area (Å²) in [6, 6.07) is 7.37.